The molecule has 19 heavy (non-hydrogen) atoms. The van der Waals surface area contributed by atoms with Crippen LogP contribution in [0.3, 0.4) is 0 Å². The van der Waals surface area contributed by atoms with Crippen molar-refractivity contribution in [2.24, 2.45) is 0 Å². The normalized spacial score (nSPS) is 9.26. The van der Waals surface area contributed by atoms with E-state index in [0.717, 1.165) is 15.5 Å². The molecule has 0 saturated carbocycles. The summed E-state index contributed by atoms with van der Waals surface area (Å²) in [6, 6.07) is 12.9. The van der Waals surface area contributed by atoms with Gasteiger partial charge in [-0.1, -0.05) is 11.8 Å². The molecule has 3 nitrogen and oxygen atoms in total. The Balaban J connectivity index is 1.94. The van der Waals surface area contributed by atoms with Crippen LogP contribution in [0, 0.1) is 23.2 Å². The van der Waals surface area contributed by atoms with Gasteiger partial charge in [-0.25, -0.2) is 0 Å². The first-order chi connectivity index (χ1) is 9.31. The average Bonchev–Trinajstić information content (AvgIpc) is 2.91. The molecule has 1 aromatic heterocycles. The van der Waals surface area contributed by atoms with Crippen LogP contribution in [0.5, 0.6) is 5.75 Å². The van der Waals surface area contributed by atoms with Gasteiger partial charge >= 0.3 is 0 Å². The Bertz CT molecular complexity index is 641. The number of ether oxygens (including phenoxy) is 1. The van der Waals surface area contributed by atoms with Crippen LogP contribution in [-0.4, -0.2) is 11.7 Å². The minimum atomic E-state index is -0.130. The predicted molar refractivity (Wildman–Crippen MR) is 73.8 cm³/mol. The third-order valence-corrected chi connectivity index (χ3v) is 3.29. The Morgan fingerprint density at radius 1 is 1.16 bits per heavy atom. The summed E-state index contributed by atoms with van der Waals surface area (Å²) in [7, 11) is 0. The molecule has 0 fully saturated rings. The topological polar surface area (TPSA) is 53.2 Å². The third kappa shape index (κ3) is 3.86. The molecule has 0 aliphatic carbocycles. The zero-order valence-electron chi connectivity index (χ0n) is 10.1. The second-order valence-electron chi connectivity index (χ2n) is 3.65. The summed E-state index contributed by atoms with van der Waals surface area (Å²) in [4.78, 5) is 1.97. The molecule has 2 aromatic rings. The summed E-state index contributed by atoms with van der Waals surface area (Å²) in [6.45, 7) is 0.340. The van der Waals surface area contributed by atoms with Gasteiger partial charge in [0.15, 0.2) is 0 Å². The third-order valence-electron chi connectivity index (χ3n) is 2.32. The molecule has 94 valence electrons. The van der Waals surface area contributed by atoms with E-state index in [9.17, 15) is 0 Å². The maximum absolute atomic E-state index is 8.69. The predicted octanol–water partition coefficient (Wildman–Crippen LogP) is 2.54. The van der Waals surface area contributed by atoms with Crippen molar-refractivity contribution in [1.82, 2.24) is 0 Å². The summed E-state index contributed by atoms with van der Waals surface area (Å²) in [5, 5.41) is 17.3. The highest BCUT2D eigenvalue weighted by molar-refractivity contribution is 7.12. The lowest BCUT2D eigenvalue weighted by Gasteiger charge is -2.03. The van der Waals surface area contributed by atoms with E-state index in [0.29, 0.717) is 12.2 Å². The van der Waals surface area contributed by atoms with Gasteiger partial charge in [-0.3, -0.25) is 0 Å². The zero-order valence-corrected chi connectivity index (χ0v) is 10.9. The average molecular weight is 269 g/mol. The number of nitrogens with zero attached hydrogens (tertiary/aromatic N) is 1. The molecular weight excluding hydrogens is 258 g/mol. The van der Waals surface area contributed by atoms with Crippen molar-refractivity contribution in [3.8, 4) is 23.7 Å². The maximum Gasteiger partial charge on any atom is 0.122 e. The van der Waals surface area contributed by atoms with Crippen LogP contribution in [0.25, 0.3) is 0 Å². The van der Waals surface area contributed by atoms with Crippen LogP contribution in [0.4, 0.5) is 0 Å². The van der Waals surface area contributed by atoms with Crippen LogP contribution < -0.4 is 4.74 Å². The number of rotatable bonds is 3. The van der Waals surface area contributed by atoms with Crippen LogP contribution in [0.1, 0.15) is 15.3 Å². The largest absolute Gasteiger partial charge is 0.488 e. The molecule has 0 bridgehead atoms. The molecule has 0 unspecified atom stereocenters. The Morgan fingerprint density at radius 2 is 1.95 bits per heavy atom. The molecule has 2 rings (SSSR count). The number of benzene rings is 1. The lowest BCUT2D eigenvalue weighted by molar-refractivity contribution is 0.310. The highest BCUT2D eigenvalue weighted by atomic mass is 32.1. The molecular formula is C15H11NO2S. The first kappa shape index (κ1) is 13.2. The monoisotopic (exact) mass is 269 g/mol. The number of hydrogen-bond donors (Lipinski definition) is 1. The van der Waals surface area contributed by atoms with Gasteiger partial charge in [-0.2, -0.15) is 5.26 Å². The van der Waals surface area contributed by atoms with Crippen molar-refractivity contribution < 1.29 is 9.84 Å². The van der Waals surface area contributed by atoms with Crippen molar-refractivity contribution in [3.63, 3.8) is 0 Å². The van der Waals surface area contributed by atoms with Gasteiger partial charge < -0.3 is 9.84 Å². The SMILES string of the molecule is N#Cc1ccc(OCc2ccc(C#CCO)s2)cc1. The zero-order chi connectivity index (χ0) is 13.5. The van der Waals surface area contributed by atoms with E-state index in [4.69, 9.17) is 15.1 Å². The lowest BCUT2D eigenvalue weighted by Crippen LogP contribution is -1.92. The number of hydrogen-bond acceptors (Lipinski definition) is 4. The van der Waals surface area contributed by atoms with E-state index in [2.05, 4.69) is 17.9 Å². The Morgan fingerprint density at radius 3 is 2.63 bits per heavy atom. The molecule has 1 aromatic carbocycles. The standard InChI is InChI=1S/C15H11NO2S/c16-10-12-3-5-13(6-4-12)18-11-15-8-7-14(19-15)2-1-9-17/h3-8,17H,9,11H2. The van der Waals surface area contributed by atoms with Crippen LogP contribution in [0.2, 0.25) is 0 Å². The number of thiophene rings is 1. The van der Waals surface area contributed by atoms with Crippen molar-refractivity contribution >= 4 is 11.3 Å². The van der Waals surface area contributed by atoms with Crippen molar-refractivity contribution in [3.05, 3.63) is 51.7 Å². The summed E-state index contributed by atoms with van der Waals surface area (Å²) < 4.78 is 5.61. The summed E-state index contributed by atoms with van der Waals surface area (Å²) in [6.07, 6.45) is 0. The number of aliphatic hydroxyl groups excluding tert-OH is 1. The van der Waals surface area contributed by atoms with E-state index in [1.165, 1.54) is 11.3 Å². The van der Waals surface area contributed by atoms with Crippen molar-refractivity contribution in [2.45, 2.75) is 6.61 Å². The quantitative estimate of drug-likeness (QED) is 0.871. The first-order valence-electron chi connectivity index (χ1n) is 5.63. The summed E-state index contributed by atoms with van der Waals surface area (Å²) in [5.74, 6) is 6.20. The molecule has 0 radical (unpaired) electrons. The van der Waals surface area contributed by atoms with Gasteiger partial charge in [0.2, 0.25) is 0 Å². The molecule has 1 N–H and O–H groups in total. The van der Waals surface area contributed by atoms with Gasteiger partial charge in [0.25, 0.3) is 0 Å². The Labute approximate surface area is 115 Å². The van der Waals surface area contributed by atoms with E-state index in [1.54, 1.807) is 24.3 Å². The minimum Gasteiger partial charge on any atom is -0.488 e. The molecule has 0 aliphatic heterocycles. The van der Waals surface area contributed by atoms with Gasteiger partial charge in [-0.05, 0) is 36.4 Å². The van der Waals surface area contributed by atoms with Crippen molar-refractivity contribution in [1.29, 1.82) is 5.26 Å². The molecule has 0 spiro atoms. The van der Waals surface area contributed by atoms with E-state index in [-0.39, 0.29) is 6.61 Å². The van der Waals surface area contributed by atoms with Gasteiger partial charge in [0.05, 0.1) is 16.5 Å². The van der Waals surface area contributed by atoms with Crippen LogP contribution in [-0.2, 0) is 6.61 Å². The van der Waals surface area contributed by atoms with Crippen LogP contribution in [0.15, 0.2) is 36.4 Å². The van der Waals surface area contributed by atoms with E-state index >= 15 is 0 Å². The minimum absolute atomic E-state index is 0.130. The maximum atomic E-state index is 8.69. The highest BCUT2D eigenvalue weighted by Crippen LogP contribution is 2.19. The molecule has 0 saturated heterocycles. The molecule has 0 atom stereocenters. The summed E-state index contributed by atoms with van der Waals surface area (Å²) >= 11 is 1.54. The Kier molecular flexibility index (Phi) is 4.58. The smallest absolute Gasteiger partial charge is 0.122 e. The van der Waals surface area contributed by atoms with Gasteiger partial charge in [0.1, 0.15) is 19.0 Å². The van der Waals surface area contributed by atoms with Gasteiger partial charge in [0, 0.05) is 4.88 Å². The van der Waals surface area contributed by atoms with Crippen LogP contribution >= 0.6 is 11.3 Å². The van der Waals surface area contributed by atoms with Gasteiger partial charge in [-0.15, -0.1) is 11.3 Å². The fraction of sp³-hybridized carbons (Fsp3) is 0.133. The molecule has 1 heterocycles. The second kappa shape index (κ2) is 6.61. The molecule has 4 heteroatoms. The van der Waals surface area contributed by atoms with E-state index in [1.807, 2.05) is 12.1 Å². The highest BCUT2D eigenvalue weighted by Gasteiger charge is 2.00. The number of aliphatic hydroxyl groups is 1. The lowest BCUT2D eigenvalue weighted by atomic mass is 10.2. The summed E-state index contributed by atoms with van der Waals surface area (Å²) in [5.41, 5.74) is 0.616. The molecule has 0 aliphatic rings. The fourth-order valence-corrected chi connectivity index (χ4v) is 2.23. The first-order valence-corrected chi connectivity index (χ1v) is 6.45. The number of nitriles is 1. The second-order valence-corrected chi connectivity index (χ2v) is 4.82. The Hall–Kier alpha value is -2.27. The van der Waals surface area contributed by atoms with Crippen molar-refractivity contribution in [2.75, 3.05) is 6.61 Å². The fourth-order valence-electron chi connectivity index (χ4n) is 1.43. The van der Waals surface area contributed by atoms with E-state index < -0.39 is 0 Å². The molecule has 0 amide bonds.